The number of para-hydroxylation sites is 1. The Morgan fingerprint density at radius 2 is 1.80 bits per heavy atom. The van der Waals surface area contributed by atoms with Crippen LogP contribution in [0.2, 0.25) is 0 Å². The summed E-state index contributed by atoms with van der Waals surface area (Å²) in [6, 6.07) is 14.4. The van der Waals surface area contributed by atoms with E-state index in [2.05, 4.69) is 10.3 Å². The number of aromatic nitrogens is 1. The van der Waals surface area contributed by atoms with Crippen molar-refractivity contribution in [3.8, 4) is 0 Å². The second-order valence-corrected chi connectivity index (χ2v) is 8.03. The standard InChI is InChI=1S/C22H23N3O4S/c1-25(2)22(28)15-10-12-16(13-11-15)23-19(26)14-29-21(27)9-5-8-20-24-17-6-3-4-7-18(17)30-20/h3-4,6-7,10-13H,5,8-9,14H2,1-2H3,(H,23,26). The summed E-state index contributed by atoms with van der Waals surface area (Å²) in [5.74, 6) is -0.966. The molecule has 0 aliphatic heterocycles. The quantitative estimate of drug-likeness (QED) is 0.558. The Kier molecular flexibility index (Phi) is 7.13. The lowest BCUT2D eigenvalue weighted by atomic mass is 10.2. The minimum atomic E-state index is -0.429. The molecule has 2 amide bonds. The molecule has 0 aliphatic carbocycles. The molecule has 0 aliphatic rings. The molecule has 0 spiro atoms. The summed E-state index contributed by atoms with van der Waals surface area (Å²) < 4.78 is 6.17. The predicted molar refractivity (Wildman–Crippen MR) is 117 cm³/mol. The molecule has 30 heavy (non-hydrogen) atoms. The monoisotopic (exact) mass is 425 g/mol. The molecule has 1 N–H and O–H groups in total. The van der Waals surface area contributed by atoms with Crippen LogP contribution in [0.3, 0.4) is 0 Å². The fourth-order valence-electron chi connectivity index (χ4n) is 2.78. The van der Waals surface area contributed by atoms with Crippen molar-refractivity contribution in [3.63, 3.8) is 0 Å². The third-order valence-corrected chi connectivity index (χ3v) is 5.39. The molecule has 0 saturated carbocycles. The van der Waals surface area contributed by atoms with Gasteiger partial charge in [0.2, 0.25) is 0 Å². The SMILES string of the molecule is CN(C)C(=O)c1ccc(NC(=O)COC(=O)CCCc2nc3ccccc3s2)cc1. The van der Waals surface area contributed by atoms with E-state index < -0.39 is 11.9 Å². The van der Waals surface area contributed by atoms with Crippen LogP contribution in [0.15, 0.2) is 48.5 Å². The fraction of sp³-hybridized carbons (Fsp3) is 0.273. The summed E-state index contributed by atoms with van der Waals surface area (Å²) in [4.78, 5) is 41.7. The van der Waals surface area contributed by atoms with Gasteiger partial charge in [-0.2, -0.15) is 0 Å². The number of ether oxygens (including phenoxy) is 1. The Bertz CT molecular complexity index is 1010. The topological polar surface area (TPSA) is 88.6 Å². The average Bonchev–Trinajstić information content (AvgIpc) is 3.15. The summed E-state index contributed by atoms with van der Waals surface area (Å²) in [6.07, 6.45) is 1.53. The highest BCUT2D eigenvalue weighted by molar-refractivity contribution is 7.18. The van der Waals surface area contributed by atoms with Crippen molar-refractivity contribution in [1.29, 1.82) is 0 Å². The minimum Gasteiger partial charge on any atom is -0.456 e. The number of carbonyl (C=O) groups is 3. The lowest BCUT2D eigenvalue weighted by Crippen LogP contribution is -2.22. The van der Waals surface area contributed by atoms with Gasteiger partial charge in [-0.15, -0.1) is 11.3 Å². The largest absolute Gasteiger partial charge is 0.456 e. The van der Waals surface area contributed by atoms with E-state index in [4.69, 9.17) is 4.74 Å². The summed E-state index contributed by atoms with van der Waals surface area (Å²) in [7, 11) is 3.34. The number of esters is 1. The van der Waals surface area contributed by atoms with E-state index in [0.29, 0.717) is 24.1 Å². The number of nitrogens with one attached hydrogen (secondary N) is 1. The summed E-state index contributed by atoms with van der Waals surface area (Å²) in [5.41, 5.74) is 2.02. The lowest BCUT2D eigenvalue weighted by Gasteiger charge is -2.11. The van der Waals surface area contributed by atoms with E-state index in [9.17, 15) is 14.4 Å². The molecule has 3 rings (SSSR count). The first-order valence-corrected chi connectivity index (χ1v) is 10.4. The van der Waals surface area contributed by atoms with Crippen LogP contribution in [0.1, 0.15) is 28.2 Å². The van der Waals surface area contributed by atoms with Gasteiger partial charge in [0.1, 0.15) is 0 Å². The van der Waals surface area contributed by atoms with Gasteiger partial charge in [-0.3, -0.25) is 14.4 Å². The highest BCUT2D eigenvalue weighted by Crippen LogP contribution is 2.22. The molecule has 0 saturated heterocycles. The van der Waals surface area contributed by atoms with Crippen LogP contribution in [0.4, 0.5) is 5.69 Å². The number of aryl methyl sites for hydroxylation is 1. The number of fused-ring (bicyclic) bond motifs is 1. The van der Waals surface area contributed by atoms with Crippen LogP contribution >= 0.6 is 11.3 Å². The second kappa shape index (κ2) is 9.98. The summed E-state index contributed by atoms with van der Waals surface area (Å²) in [5, 5.41) is 3.62. The predicted octanol–water partition coefficient (Wildman–Crippen LogP) is 3.50. The number of amides is 2. The molecule has 2 aromatic carbocycles. The Labute approximate surface area is 178 Å². The zero-order chi connectivity index (χ0) is 21.5. The molecule has 7 nitrogen and oxygen atoms in total. The third-order valence-electron chi connectivity index (χ3n) is 4.30. The normalized spacial score (nSPS) is 10.6. The molecule has 8 heteroatoms. The second-order valence-electron chi connectivity index (χ2n) is 6.91. The first kappa shape index (κ1) is 21.4. The van der Waals surface area contributed by atoms with Gasteiger partial charge in [-0.25, -0.2) is 4.98 Å². The zero-order valence-corrected chi connectivity index (χ0v) is 17.7. The number of hydrogen-bond donors (Lipinski definition) is 1. The molecule has 156 valence electrons. The number of nitrogens with zero attached hydrogens (tertiary/aromatic N) is 2. The van der Waals surface area contributed by atoms with Crippen LogP contribution in [-0.4, -0.2) is 48.4 Å². The van der Waals surface area contributed by atoms with Crippen LogP contribution in [-0.2, 0) is 20.7 Å². The zero-order valence-electron chi connectivity index (χ0n) is 16.9. The van der Waals surface area contributed by atoms with Gasteiger partial charge >= 0.3 is 5.97 Å². The van der Waals surface area contributed by atoms with Crippen LogP contribution in [0.5, 0.6) is 0 Å². The molecule has 0 unspecified atom stereocenters. The smallest absolute Gasteiger partial charge is 0.306 e. The van der Waals surface area contributed by atoms with Gasteiger partial charge in [-0.1, -0.05) is 12.1 Å². The fourth-order valence-corrected chi connectivity index (χ4v) is 3.79. The van der Waals surface area contributed by atoms with E-state index in [1.54, 1.807) is 49.7 Å². The molecular weight excluding hydrogens is 402 g/mol. The molecule has 0 atom stereocenters. The number of hydrogen-bond acceptors (Lipinski definition) is 6. The Balaban J connectivity index is 1.37. The molecule has 3 aromatic rings. The van der Waals surface area contributed by atoms with Crippen molar-refractivity contribution in [2.24, 2.45) is 0 Å². The maximum atomic E-state index is 12.0. The first-order valence-electron chi connectivity index (χ1n) is 9.54. The maximum Gasteiger partial charge on any atom is 0.306 e. The number of thiazole rings is 1. The average molecular weight is 426 g/mol. The molecular formula is C22H23N3O4S. The van der Waals surface area contributed by atoms with Crippen molar-refractivity contribution in [2.45, 2.75) is 19.3 Å². The van der Waals surface area contributed by atoms with E-state index in [1.165, 1.54) is 4.90 Å². The van der Waals surface area contributed by atoms with Crippen molar-refractivity contribution < 1.29 is 19.1 Å². The van der Waals surface area contributed by atoms with Crippen molar-refractivity contribution in [3.05, 3.63) is 59.1 Å². The number of anilines is 1. The van der Waals surface area contributed by atoms with Gasteiger partial charge in [0, 0.05) is 31.8 Å². The third kappa shape index (κ3) is 5.87. The van der Waals surface area contributed by atoms with Crippen molar-refractivity contribution in [1.82, 2.24) is 9.88 Å². The van der Waals surface area contributed by atoms with E-state index >= 15 is 0 Å². The minimum absolute atomic E-state index is 0.118. The highest BCUT2D eigenvalue weighted by Gasteiger charge is 2.11. The van der Waals surface area contributed by atoms with Crippen molar-refractivity contribution >= 4 is 45.0 Å². The lowest BCUT2D eigenvalue weighted by molar-refractivity contribution is -0.147. The summed E-state index contributed by atoms with van der Waals surface area (Å²) in [6.45, 7) is -0.349. The van der Waals surface area contributed by atoms with Gasteiger partial charge in [0.15, 0.2) is 6.61 Å². The Morgan fingerprint density at radius 1 is 1.07 bits per heavy atom. The van der Waals surface area contributed by atoms with Crippen LogP contribution < -0.4 is 5.32 Å². The Morgan fingerprint density at radius 3 is 2.50 bits per heavy atom. The van der Waals surface area contributed by atoms with Gasteiger partial charge in [-0.05, 0) is 49.2 Å². The van der Waals surface area contributed by atoms with Gasteiger partial charge in [0.05, 0.1) is 15.2 Å². The highest BCUT2D eigenvalue weighted by atomic mass is 32.1. The van der Waals surface area contributed by atoms with Crippen LogP contribution in [0, 0.1) is 0 Å². The number of benzene rings is 2. The molecule has 1 heterocycles. The van der Waals surface area contributed by atoms with Gasteiger partial charge < -0.3 is 15.0 Å². The molecule has 0 bridgehead atoms. The molecule has 1 aromatic heterocycles. The van der Waals surface area contributed by atoms with Gasteiger partial charge in [0.25, 0.3) is 11.8 Å². The van der Waals surface area contributed by atoms with Crippen molar-refractivity contribution in [2.75, 3.05) is 26.0 Å². The van der Waals surface area contributed by atoms with Crippen LogP contribution in [0.25, 0.3) is 10.2 Å². The van der Waals surface area contributed by atoms with E-state index in [1.807, 2.05) is 24.3 Å². The summed E-state index contributed by atoms with van der Waals surface area (Å²) >= 11 is 1.62. The Hall–Kier alpha value is -3.26. The number of carbonyl (C=O) groups excluding carboxylic acids is 3. The maximum absolute atomic E-state index is 12.0. The van der Waals surface area contributed by atoms with E-state index in [0.717, 1.165) is 15.2 Å². The number of rotatable bonds is 8. The van der Waals surface area contributed by atoms with E-state index in [-0.39, 0.29) is 18.9 Å². The first-order chi connectivity index (χ1) is 14.4. The molecule has 0 radical (unpaired) electrons. The molecule has 0 fully saturated rings.